The second kappa shape index (κ2) is 6.88. The van der Waals surface area contributed by atoms with E-state index in [1.54, 1.807) is 16.8 Å². The lowest BCUT2D eigenvalue weighted by atomic mass is 10.0. The number of piperidine rings is 1. The molecule has 1 saturated heterocycles. The molecule has 0 amide bonds. The third kappa shape index (κ3) is 3.31. The van der Waals surface area contributed by atoms with Crippen LogP contribution in [0, 0.1) is 5.82 Å². The van der Waals surface area contributed by atoms with Crippen LogP contribution in [0.1, 0.15) is 12.8 Å². The lowest BCUT2D eigenvalue weighted by molar-refractivity contribution is 0.513. The Morgan fingerprint density at radius 1 is 0.960 bits per heavy atom. The topological polar surface area (TPSA) is 58.9 Å². The molecule has 0 bridgehead atoms. The van der Waals surface area contributed by atoms with Crippen molar-refractivity contribution in [2.75, 3.05) is 23.3 Å². The number of anilines is 2. The zero-order chi connectivity index (χ0) is 17.1. The number of tetrazole rings is 1. The van der Waals surface area contributed by atoms with Crippen molar-refractivity contribution < 1.29 is 4.39 Å². The second-order valence-corrected chi connectivity index (χ2v) is 6.11. The molecule has 6 nitrogen and oxygen atoms in total. The average molecular weight is 338 g/mol. The molecule has 1 N–H and O–H groups in total. The Hall–Kier alpha value is -2.96. The summed E-state index contributed by atoms with van der Waals surface area (Å²) in [6.45, 7) is 1.64. The van der Waals surface area contributed by atoms with Gasteiger partial charge in [-0.25, -0.2) is 4.39 Å². The van der Waals surface area contributed by atoms with E-state index in [0.717, 1.165) is 37.6 Å². The van der Waals surface area contributed by atoms with Crippen LogP contribution in [0.5, 0.6) is 0 Å². The summed E-state index contributed by atoms with van der Waals surface area (Å²) in [5, 5.41) is 15.4. The van der Waals surface area contributed by atoms with E-state index in [1.165, 1.54) is 6.07 Å². The van der Waals surface area contributed by atoms with Gasteiger partial charge in [-0.05, 0) is 47.5 Å². The van der Waals surface area contributed by atoms with Gasteiger partial charge in [0.05, 0.1) is 11.4 Å². The van der Waals surface area contributed by atoms with Crippen molar-refractivity contribution >= 4 is 11.6 Å². The number of para-hydroxylation sites is 2. The van der Waals surface area contributed by atoms with Crippen molar-refractivity contribution in [3.05, 3.63) is 60.4 Å². The molecule has 1 aliphatic rings. The molecule has 0 aliphatic carbocycles. The highest BCUT2D eigenvalue weighted by Crippen LogP contribution is 2.23. The van der Waals surface area contributed by atoms with Gasteiger partial charge < -0.3 is 10.2 Å². The number of hydrogen-bond acceptors (Lipinski definition) is 5. The maximum atomic E-state index is 13.8. The molecule has 2 heterocycles. The van der Waals surface area contributed by atoms with Crippen molar-refractivity contribution in [2.45, 2.75) is 18.9 Å². The van der Waals surface area contributed by atoms with Gasteiger partial charge in [-0.3, -0.25) is 0 Å². The summed E-state index contributed by atoms with van der Waals surface area (Å²) in [5.74, 6) is 0.536. The Bertz CT molecular complexity index is 826. The third-order valence-corrected chi connectivity index (χ3v) is 4.47. The van der Waals surface area contributed by atoms with Crippen LogP contribution in [0.2, 0.25) is 0 Å². The highest BCUT2D eigenvalue weighted by atomic mass is 19.1. The van der Waals surface area contributed by atoms with Crippen LogP contribution >= 0.6 is 0 Å². The Balaban J connectivity index is 1.43. The molecule has 1 fully saturated rings. The zero-order valence-corrected chi connectivity index (χ0v) is 13.7. The lowest BCUT2D eigenvalue weighted by Gasteiger charge is -2.33. The highest BCUT2D eigenvalue weighted by Gasteiger charge is 2.24. The van der Waals surface area contributed by atoms with Crippen LogP contribution in [0.15, 0.2) is 54.6 Å². The van der Waals surface area contributed by atoms with E-state index in [0.29, 0.717) is 5.69 Å². The molecule has 25 heavy (non-hydrogen) atoms. The number of benzene rings is 2. The maximum absolute atomic E-state index is 13.8. The highest BCUT2D eigenvalue weighted by molar-refractivity contribution is 5.46. The summed E-state index contributed by atoms with van der Waals surface area (Å²) in [4.78, 5) is 2.17. The van der Waals surface area contributed by atoms with Crippen molar-refractivity contribution in [1.29, 1.82) is 0 Å². The summed E-state index contributed by atoms with van der Waals surface area (Å²) in [6, 6.07) is 16.9. The fourth-order valence-electron chi connectivity index (χ4n) is 3.14. The maximum Gasteiger partial charge on any atom is 0.250 e. The van der Waals surface area contributed by atoms with E-state index < -0.39 is 0 Å². The van der Waals surface area contributed by atoms with Gasteiger partial charge >= 0.3 is 0 Å². The molecule has 128 valence electrons. The lowest BCUT2D eigenvalue weighted by Crippen LogP contribution is -2.40. The van der Waals surface area contributed by atoms with Gasteiger partial charge in [0.25, 0.3) is 0 Å². The van der Waals surface area contributed by atoms with Gasteiger partial charge in [-0.15, -0.1) is 0 Å². The number of nitrogens with zero attached hydrogens (tertiary/aromatic N) is 5. The minimum Gasteiger partial charge on any atom is -0.380 e. The molecule has 7 heteroatoms. The Morgan fingerprint density at radius 3 is 2.44 bits per heavy atom. The van der Waals surface area contributed by atoms with E-state index in [2.05, 4.69) is 25.7 Å². The van der Waals surface area contributed by atoms with Gasteiger partial charge in [0.15, 0.2) is 0 Å². The smallest absolute Gasteiger partial charge is 0.250 e. The van der Waals surface area contributed by atoms with Crippen molar-refractivity contribution in [1.82, 2.24) is 20.2 Å². The molecule has 4 rings (SSSR count). The number of rotatable bonds is 4. The number of hydrogen-bond donors (Lipinski definition) is 1. The molecule has 1 aliphatic heterocycles. The molecule has 0 atom stereocenters. The molecule has 0 spiro atoms. The molecule has 2 aromatic carbocycles. The van der Waals surface area contributed by atoms with E-state index in [4.69, 9.17) is 0 Å². The molecule has 0 unspecified atom stereocenters. The second-order valence-electron chi connectivity index (χ2n) is 6.11. The first-order valence-electron chi connectivity index (χ1n) is 8.41. The van der Waals surface area contributed by atoms with Crippen LogP contribution < -0.4 is 10.2 Å². The predicted molar refractivity (Wildman–Crippen MR) is 94.4 cm³/mol. The quantitative estimate of drug-likeness (QED) is 0.793. The molecule has 0 radical (unpaired) electrons. The molecule has 0 saturated carbocycles. The standard InChI is InChI=1S/C18H19FN6/c19-16-8-4-5-9-17(16)20-14-10-12-24(13-11-14)18-21-22-23-25(18)15-6-2-1-3-7-15/h1-9,14,20H,10-13H2. The SMILES string of the molecule is Fc1ccccc1NC1CCN(c2nnnn2-c2ccccc2)CC1. The first kappa shape index (κ1) is 15.6. The van der Waals surface area contributed by atoms with Crippen molar-refractivity contribution in [3.63, 3.8) is 0 Å². The third-order valence-electron chi connectivity index (χ3n) is 4.47. The van der Waals surface area contributed by atoms with E-state index in [-0.39, 0.29) is 11.9 Å². The van der Waals surface area contributed by atoms with E-state index in [9.17, 15) is 4.39 Å². The van der Waals surface area contributed by atoms with Crippen LogP contribution in [0.25, 0.3) is 5.69 Å². The monoisotopic (exact) mass is 338 g/mol. The van der Waals surface area contributed by atoms with Gasteiger partial charge in [-0.2, -0.15) is 4.68 Å². The fraction of sp³-hybridized carbons (Fsp3) is 0.278. The van der Waals surface area contributed by atoms with Gasteiger partial charge in [0.1, 0.15) is 5.82 Å². The summed E-state index contributed by atoms with van der Waals surface area (Å²) >= 11 is 0. The van der Waals surface area contributed by atoms with Crippen LogP contribution in [0.4, 0.5) is 16.0 Å². The number of halogens is 1. The Morgan fingerprint density at radius 2 is 1.68 bits per heavy atom. The van der Waals surface area contributed by atoms with Gasteiger partial charge in [0.2, 0.25) is 5.95 Å². The first-order valence-corrected chi connectivity index (χ1v) is 8.41. The number of nitrogens with one attached hydrogen (secondary N) is 1. The summed E-state index contributed by atoms with van der Waals surface area (Å²) in [5.41, 5.74) is 1.50. The first-order chi connectivity index (χ1) is 12.3. The van der Waals surface area contributed by atoms with Crippen LogP contribution in [-0.4, -0.2) is 39.3 Å². The summed E-state index contributed by atoms with van der Waals surface area (Å²) in [7, 11) is 0. The van der Waals surface area contributed by atoms with E-state index >= 15 is 0 Å². The van der Waals surface area contributed by atoms with Gasteiger partial charge in [-0.1, -0.05) is 35.4 Å². The Labute approximate surface area is 145 Å². The fourth-order valence-corrected chi connectivity index (χ4v) is 3.14. The zero-order valence-electron chi connectivity index (χ0n) is 13.7. The van der Waals surface area contributed by atoms with Crippen molar-refractivity contribution in [2.24, 2.45) is 0 Å². The molecule has 1 aromatic heterocycles. The van der Waals surface area contributed by atoms with E-state index in [1.807, 2.05) is 36.4 Å². The normalized spacial score (nSPS) is 15.3. The summed E-state index contributed by atoms with van der Waals surface area (Å²) < 4.78 is 15.5. The minimum absolute atomic E-state index is 0.210. The molecular formula is C18H19FN6. The Kier molecular flexibility index (Phi) is 4.28. The summed E-state index contributed by atoms with van der Waals surface area (Å²) in [6.07, 6.45) is 1.80. The predicted octanol–water partition coefficient (Wildman–Crippen LogP) is 2.88. The van der Waals surface area contributed by atoms with Crippen molar-refractivity contribution in [3.8, 4) is 5.69 Å². The van der Waals surface area contributed by atoms with Crippen LogP contribution in [-0.2, 0) is 0 Å². The average Bonchev–Trinajstić information content (AvgIpc) is 3.15. The van der Waals surface area contributed by atoms with Gasteiger partial charge in [0, 0.05) is 19.1 Å². The molecular weight excluding hydrogens is 319 g/mol. The minimum atomic E-state index is -0.210. The largest absolute Gasteiger partial charge is 0.380 e. The number of aromatic nitrogens is 4. The van der Waals surface area contributed by atoms with Crippen LogP contribution in [0.3, 0.4) is 0 Å². The molecule has 3 aromatic rings.